The zero-order valence-electron chi connectivity index (χ0n) is 16.5. The maximum Gasteiger partial charge on any atom is 0.255 e. The predicted molar refractivity (Wildman–Crippen MR) is 104 cm³/mol. The topological polar surface area (TPSA) is 95.7 Å². The number of nitrogens with zero attached hydrogens (tertiary/aromatic N) is 2. The first-order chi connectivity index (χ1) is 13.3. The normalized spacial score (nSPS) is 27.2. The van der Waals surface area contributed by atoms with Gasteiger partial charge in [0.05, 0.1) is 0 Å². The molecule has 2 saturated heterocycles. The lowest BCUT2D eigenvalue weighted by Crippen LogP contribution is -2.52. The smallest absolute Gasteiger partial charge is 0.255 e. The Morgan fingerprint density at radius 1 is 1.25 bits per heavy atom. The van der Waals surface area contributed by atoms with Crippen LogP contribution in [0.5, 0.6) is 0 Å². The Bertz CT molecular complexity index is 835. The Balaban J connectivity index is 1.47. The number of amides is 3. The third-order valence-corrected chi connectivity index (χ3v) is 6.49. The quantitative estimate of drug-likeness (QED) is 0.751. The van der Waals surface area contributed by atoms with Crippen LogP contribution in [0.4, 0.5) is 0 Å². The third kappa shape index (κ3) is 3.33. The summed E-state index contributed by atoms with van der Waals surface area (Å²) in [7, 11) is 0. The molecule has 7 heteroatoms. The Morgan fingerprint density at radius 2 is 2.04 bits per heavy atom. The fourth-order valence-electron chi connectivity index (χ4n) is 4.83. The van der Waals surface area contributed by atoms with E-state index in [1.54, 1.807) is 4.90 Å². The van der Waals surface area contributed by atoms with Gasteiger partial charge in [-0.3, -0.25) is 24.6 Å². The molecular weight excluding hydrogens is 356 g/mol. The monoisotopic (exact) mass is 384 g/mol. The highest BCUT2D eigenvalue weighted by Gasteiger charge is 2.40. The molecule has 4 rings (SSSR count). The number of benzene rings is 1. The van der Waals surface area contributed by atoms with Crippen LogP contribution >= 0.6 is 0 Å². The largest absolute Gasteiger partial charge is 0.330 e. The van der Waals surface area contributed by atoms with Crippen molar-refractivity contribution in [3.63, 3.8) is 0 Å². The number of nitrogens with two attached hydrogens (primary N) is 1. The molecule has 2 atom stereocenters. The van der Waals surface area contributed by atoms with Gasteiger partial charge in [-0.25, -0.2) is 0 Å². The Hall–Kier alpha value is -2.25. The number of fused-ring (bicyclic) bond motifs is 1. The molecule has 3 amide bonds. The van der Waals surface area contributed by atoms with Gasteiger partial charge in [-0.1, -0.05) is 26.0 Å². The van der Waals surface area contributed by atoms with E-state index in [-0.39, 0.29) is 29.6 Å². The van der Waals surface area contributed by atoms with E-state index in [4.69, 9.17) is 5.73 Å². The van der Waals surface area contributed by atoms with Gasteiger partial charge in [0, 0.05) is 38.2 Å². The number of piperidine rings is 1. The molecule has 2 fully saturated rings. The third-order valence-electron chi connectivity index (χ3n) is 6.49. The summed E-state index contributed by atoms with van der Waals surface area (Å²) >= 11 is 0. The Labute approximate surface area is 165 Å². The van der Waals surface area contributed by atoms with Crippen LogP contribution in [0.15, 0.2) is 18.2 Å². The summed E-state index contributed by atoms with van der Waals surface area (Å²) in [6.45, 7) is 8.48. The standard InChI is InChI=1S/C21H28N4O3/c1-21(2)12-24(11-15(21)8-22)9-13-3-4-16-14(7-13)10-25(20(16)28)17-5-6-18(26)23-19(17)27/h3-4,7,15,17H,5-6,8-12,22H2,1-2H3,(H,23,26,27). The minimum absolute atomic E-state index is 0.124. The molecule has 0 bridgehead atoms. The minimum atomic E-state index is -0.564. The van der Waals surface area contributed by atoms with Gasteiger partial charge in [0.2, 0.25) is 11.8 Å². The summed E-state index contributed by atoms with van der Waals surface area (Å²) < 4.78 is 0. The molecule has 150 valence electrons. The fourth-order valence-corrected chi connectivity index (χ4v) is 4.83. The molecule has 0 spiro atoms. The van der Waals surface area contributed by atoms with E-state index in [1.165, 1.54) is 5.56 Å². The zero-order valence-corrected chi connectivity index (χ0v) is 16.5. The van der Waals surface area contributed by atoms with Gasteiger partial charge in [-0.2, -0.15) is 0 Å². The van der Waals surface area contributed by atoms with Crippen LogP contribution in [0.25, 0.3) is 0 Å². The zero-order chi connectivity index (χ0) is 20.1. The van der Waals surface area contributed by atoms with E-state index in [1.807, 2.05) is 12.1 Å². The lowest BCUT2D eigenvalue weighted by atomic mass is 9.82. The number of nitrogens with one attached hydrogen (secondary N) is 1. The summed E-state index contributed by atoms with van der Waals surface area (Å²) in [5.74, 6) is -0.269. The van der Waals surface area contributed by atoms with Crippen molar-refractivity contribution in [3.8, 4) is 0 Å². The van der Waals surface area contributed by atoms with Crippen molar-refractivity contribution in [1.29, 1.82) is 0 Å². The SMILES string of the molecule is CC1(C)CN(Cc2ccc3c(c2)CN(C2CCC(=O)NC2=O)C3=O)CC1CN. The number of hydrogen-bond acceptors (Lipinski definition) is 5. The summed E-state index contributed by atoms with van der Waals surface area (Å²) in [4.78, 5) is 40.4. The first kappa shape index (κ1) is 19.1. The lowest BCUT2D eigenvalue weighted by Gasteiger charge is -2.29. The van der Waals surface area contributed by atoms with Crippen molar-refractivity contribution in [2.45, 2.75) is 45.8 Å². The van der Waals surface area contributed by atoms with Crippen LogP contribution in [-0.2, 0) is 22.7 Å². The molecule has 3 aliphatic rings. The molecule has 7 nitrogen and oxygen atoms in total. The van der Waals surface area contributed by atoms with E-state index in [2.05, 4.69) is 30.1 Å². The molecule has 0 aromatic heterocycles. The van der Waals surface area contributed by atoms with Crippen molar-refractivity contribution in [3.05, 3.63) is 34.9 Å². The van der Waals surface area contributed by atoms with Gasteiger partial charge < -0.3 is 10.6 Å². The molecule has 0 saturated carbocycles. The number of carbonyl (C=O) groups excluding carboxylic acids is 3. The number of rotatable bonds is 4. The summed E-state index contributed by atoms with van der Waals surface area (Å²) in [5, 5.41) is 2.34. The summed E-state index contributed by atoms with van der Waals surface area (Å²) in [6.07, 6.45) is 0.662. The summed E-state index contributed by atoms with van der Waals surface area (Å²) in [5.41, 5.74) is 8.94. The van der Waals surface area contributed by atoms with Crippen LogP contribution in [-0.4, -0.2) is 53.2 Å². The second-order valence-corrected chi connectivity index (χ2v) is 8.98. The van der Waals surface area contributed by atoms with E-state index >= 15 is 0 Å². The molecule has 1 aromatic rings. The first-order valence-corrected chi connectivity index (χ1v) is 9.97. The van der Waals surface area contributed by atoms with Gasteiger partial charge in [-0.05, 0) is 41.5 Å². The molecule has 3 aliphatic heterocycles. The van der Waals surface area contributed by atoms with Crippen LogP contribution in [0, 0.1) is 11.3 Å². The second kappa shape index (κ2) is 6.97. The van der Waals surface area contributed by atoms with Gasteiger partial charge in [-0.15, -0.1) is 0 Å². The highest BCUT2D eigenvalue weighted by molar-refractivity contribution is 6.05. The van der Waals surface area contributed by atoms with Crippen LogP contribution in [0.2, 0.25) is 0 Å². The van der Waals surface area contributed by atoms with E-state index in [0.717, 1.165) is 25.2 Å². The highest BCUT2D eigenvalue weighted by atomic mass is 16.2. The molecule has 3 N–H and O–H groups in total. The molecule has 1 aromatic carbocycles. The number of likely N-dealkylation sites (tertiary alicyclic amines) is 1. The van der Waals surface area contributed by atoms with E-state index < -0.39 is 6.04 Å². The Kier molecular flexibility index (Phi) is 4.75. The van der Waals surface area contributed by atoms with E-state index in [9.17, 15) is 14.4 Å². The maximum absolute atomic E-state index is 12.8. The lowest BCUT2D eigenvalue weighted by molar-refractivity contribution is -0.136. The van der Waals surface area contributed by atoms with Gasteiger partial charge in [0.25, 0.3) is 5.91 Å². The molecule has 0 aliphatic carbocycles. The van der Waals surface area contributed by atoms with Crippen LogP contribution < -0.4 is 11.1 Å². The van der Waals surface area contributed by atoms with E-state index in [0.29, 0.717) is 31.0 Å². The number of imide groups is 1. The van der Waals surface area contributed by atoms with Gasteiger partial charge in [0.15, 0.2) is 0 Å². The van der Waals surface area contributed by atoms with Crippen LogP contribution in [0.1, 0.15) is 48.2 Å². The average molecular weight is 384 g/mol. The average Bonchev–Trinajstić information content (AvgIpc) is 3.10. The first-order valence-electron chi connectivity index (χ1n) is 9.97. The predicted octanol–water partition coefficient (Wildman–Crippen LogP) is 0.864. The fraction of sp³-hybridized carbons (Fsp3) is 0.571. The molecule has 28 heavy (non-hydrogen) atoms. The molecule has 0 radical (unpaired) electrons. The van der Waals surface area contributed by atoms with Crippen molar-refractivity contribution in [2.24, 2.45) is 17.1 Å². The van der Waals surface area contributed by atoms with Crippen molar-refractivity contribution >= 4 is 17.7 Å². The Morgan fingerprint density at radius 3 is 2.71 bits per heavy atom. The highest BCUT2D eigenvalue weighted by Crippen LogP contribution is 2.35. The molecule has 3 heterocycles. The van der Waals surface area contributed by atoms with Gasteiger partial charge in [0.1, 0.15) is 6.04 Å². The second-order valence-electron chi connectivity index (χ2n) is 8.98. The molecular formula is C21H28N4O3. The molecule has 2 unspecified atom stereocenters. The van der Waals surface area contributed by atoms with Crippen LogP contribution in [0.3, 0.4) is 0 Å². The van der Waals surface area contributed by atoms with Gasteiger partial charge >= 0.3 is 0 Å². The van der Waals surface area contributed by atoms with Crippen molar-refractivity contribution in [1.82, 2.24) is 15.1 Å². The maximum atomic E-state index is 12.8. The summed E-state index contributed by atoms with van der Waals surface area (Å²) in [6, 6.07) is 5.40. The number of hydrogen-bond donors (Lipinski definition) is 2. The number of carbonyl (C=O) groups is 3. The minimum Gasteiger partial charge on any atom is -0.330 e. The van der Waals surface area contributed by atoms with Crippen molar-refractivity contribution in [2.75, 3.05) is 19.6 Å². The van der Waals surface area contributed by atoms with Crippen molar-refractivity contribution < 1.29 is 14.4 Å².